The van der Waals surface area contributed by atoms with Crippen molar-refractivity contribution in [2.75, 3.05) is 20.8 Å². The fourth-order valence-electron chi connectivity index (χ4n) is 2.93. The molecule has 0 aromatic rings. The number of hydroxylamine groups is 2. The van der Waals surface area contributed by atoms with Crippen LogP contribution < -0.4 is 0 Å². The molecule has 0 aromatic carbocycles. The summed E-state index contributed by atoms with van der Waals surface area (Å²) in [6.07, 6.45) is 1.85. The highest BCUT2D eigenvalue weighted by Crippen LogP contribution is 2.74. The molecule has 0 aliphatic heterocycles. The van der Waals surface area contributed by atoms with Gasteiger partial charge in [0, 0.05) is 7.05 Å². The minimum Gasteiger partial charge on any atom is -0.466 e. The number of nitrogens with zero attached hydrogens (tertiary/aromatic N) is 1. The maximum atomic E-state index is 11.9. The molecule has 2 bridgehead atoms. The molecule has 3 saturated carbocycles. The second kappa shape index (κ2) is 3.45. The van der Waals surface area contributed by atoms with Crippen molar-refractivity contribution in [1.29, 1.82) is 0 Å². The van der Waals surface area contributed by atoms with Crippen molar-refractivity contribution in [2.24, 2.45) is 10.8 Å². The third-order valence-corrected chi connectivity index (χ3v) is 3.75. The molecular weight excluding hydrogens is 210 g/mol. The molecule has 3 aliphatic carbocycles. The molecule has 5 heteroatoms. The van der Waals surface area contributed by atoms with E-state index in [-0.39, 0.29) is 22.7 Å². The van der Waals surface area contributed by atoms with Gasteiger partial charge >= 0.3 is 5.97 Å². The number of carbonyl (C=O) groups excluding carboxylic acids is 2. The first kappa shape index (κ1) is 11.4. The highest BCUT2D eigenvalue weighted by molar-refractivity contribution is 5.93. The van der Waals surface area contributed by atoms with Crippen LogP contribution in [0.1, 0.15) is 26.2 Å². The van der Waals surface area contributed by atoms with Crippen molar-refractivity contribution in [3.63, 3.8) is 0 Å². The summed E-state index contributed by atoms with van der Waals surface area (Å²) in [4.78, 5) is 28.4. The molecule has 0 N–H and O–H groups in total. The molecule has 0 aromatic heterocycles. The number of hydrogen-bond donors (Lipinski definition) is 0. The largest absolute Gasteiger partial charge is 0.466 e. The van der Waals surface area contributed by atoms with E-state index in [1.54, 1.807) is 14.0 Å². The van der Waals surface area contributed by atoms with Crippen LogP contribution in [-0.2, 0) is 19.2 Å². The Kier molecular flexibility index (Phi) is 2.45. The van der Waals surface area contributed by atoms with Gasteiger partial charge in [-0.2, -0.15) is 0 Å². The van der Waals surface area contributed by atoms with Crippen LogP contribution in [0.5, 0.6) is 0 Å². The zero-order valence-electron chi connectivity index (χ0n) is 9.91. The van der Waals surface area contributed by atoms with Crippen molar-refractivity contribution < 1.29 is 19.2 Å². The highest BCUT2D eigenvalue weighted by atomic mass is 16.7. The van der Waals surface area contributed by atoms with Crippen LogP contribution in [0, 0.1) is 10.8 Å². The molecule has 0 unspecified atom stereocenters. The van der Waals surface area contributed by atoms with E-state index in [1.807, 2.05) is 0 Å². The van der Waals surface area contributed by atoms with Gasteiger partial charge in [-0.05, 0) is 26.2 Å². The van der Waals surface area contributed by atoms with Gasteiger partial charge in [0.05, 0.1) is 24.5 Å². The molecule has 3 aliphatic rings. The number of esters is 1. The monoisotopic (exact) mass is 227 g/mol. The molecule has 5 nitrogen and oxygen atoms in total. The third-order valence-electron chi connectivity index (χ3n) is 3.75. The first-order valence-electron chi connectivity index (χ1n) is 5.49. The Hall–Kier alpha value is -1.10. The fraction of sp³-hybridized carbons (Fsp3) is 0.818. The summed E-state index contributed by atoms with van der Waals surface area (Å²) in [7, 11) is 3.06. The molecule has 90 valence electrons. The summed E-state index contributed by atoms with van der Waals surface area (Å²) in [5.41, 5.74) is -0.711. The van der Waals surface area contributed by atoms with E-state index in [4.69, 9.17) is 9.57 Å². The molecule has 3 fully saturated rings. The zero-order chi connectivity index (χ0) is 12.0. The summed E-state index contributed by atoms with van der Waals surface area (Å²) in [5.74, 6) is -0.175. The summed E-state index contributed by atoms with van der Waals surface area (Å²) < 4.78 is 5.00. The Labute approximate surface area is 94.6 Å². The van der Waals surface area contributed by atoms with Crippen LogP contribution in [0.4, 0.5) is 0 Å². The van der Waals surface area contributed by atoms with Gasteiger partial charge in [-0.3, -0.25) is 14.4 Å². The van der Waals surface area contributed by atoms with Crippen molar-refractivity contribution in [1.82, 2.24) is 5.06 Å². The number of ether oxygens (including phenoxy) is 1. The van der Waals surface area contributed by atoms with E-state index >= 15 is 0 Å². The maximum absolute atomic E-state index is 11.9. The topological polar surface area (TPSA) is 55.8 Å². The average molecular weight is 227 g/mol. The van der Waals surface area contributed by atoms with Crippen LogP contribution in [0.15, 0.2) is 0 Å². The summed E-state index contributed by atoms with van der Waals surface area (Å²) in [6.45, 7) is 2.20. The van der Waals surface area contributed by atoms with Gasteiger partial charge < -0.3 is 4.74 Å². The Morgan fingerprint density at radius 2 is 1.81 bits per heavy atom. The van der Waals surface area contributed by atoms with Crippen LogP contribution in [0.3, 0.4) is 0 Å². The van der Waals surface area contributed by atoms with Crippen molar-refractivity contribution in [2.45, 2.75) is 26.2 Å². The van der Waals surface area contributed by atoms with Gasteiger partial charge in [-0.25, -0.2) is 5.06 Å². The van der Waals surface area contributed by atoms with Crippen LogP contribution in [0.25, 0.3) is 0 Å². The van der Waals surface area contributed by atoms with Crippen molar-refractivity contribution in [3.8, 4) is 0 Å². The lowest BCUT2D eigenvalue weighted by Crippen LogP contribution is -2.70. The first-order valence-corrected chi connectivity index (χ1v) is 5.49. The Morgan fingerprint density at radius 3 is 2.25 bits per heavy atom. The second-order valence-electron chi connectivity index (χ2n) is 4.80. The summed E-state index contributed by atoms with van der Waals surface area (Å²) in [6, 6.07) is 0. The number of rotatable bonds is 4. The van der Waals surface area contributed by atoms with Crippen LogP contribution in [-0.4, -0.2) is 37.7 Å². The number of carbonyl (C=O) groups is 2. The van der Waals surface area contributed by atoms with E-state index < -0.39 is 0 Å². The third kappa shape index (κ3) is 1.27. The van der Waals surface area contributed by atoms with Crippen molar-refractivity contribution >= 4 is 11.9 Å². The van der Waals surface area contributed by atoms with E-state index in [9.17, 15) is 9.59 Å². The lowest BCUT2D eigenvalue weighted by atomic mass is 9.35. The molecule has 1 amide bonds. The molecule has 0 heterocycles. The minimum atomic E-state index is -0.361. The molecule has 0 atom stereocenters. The fourth-order valence-corrected chi connectivity index (χ4v) is 2.93. The molecule has 0 saturated heterocycles. The van der Waals surface area contributed by atoms with Gasteiger partial charge in [0.1, 0.15) is 0 Å². The van der Waals surface area contributed by atoms with E-state index in [0.29, 0.717) is 25.9 Å². The van der Waals surface area contributed by atoms with Gasteiger partial charge in [0.2, 0.25) is 0 Å². The Morgan fingerprint density at radius 1 is 1.25 bits per heavy atom. The van der Waals surface area contributed by atoms with Crippen LogP contribution in [0.2, 0.25) is 0 Å². The molecular formula is C11H17NO4. The van der Waals surface area contributed by atoms with Gasteiger partial charge in [-0.1, -0.05) is 0 Å². The Bertz CT molecular complexity index is 319. The lowest BCUT2D eigenvalue weighted by molar-refractivity contribution is -0.245. The SMILES string of the molecule is CCOC(=O)[C@]12C[C@@](C(=O)N(C)OC)(C1)C2. The number of amides is 1. The smallest absolute Gasteiger partial charge is 0.312 e. The standard InChI is InChI=1S/C11H17NO4/c1-4-16-9(14)11-5-10(6-11,7-11)8(13)12(2)15-3/h4-7H2,1-3H3/t10-,11-. The van der Waals surface area contributed by atoms with E-state index in [2.05, 4.69) is 0 Å². The summed E-state index contributed by atoms with van der Waals surface area (Å²) >= 11 is 0. The average Bonchev–Trinajstić information content (AvgIpc) is 2.12. The van der Waals surface area contributed by atoms with Gasteiger partial charge in [-0.15, -0.1) is 0 Å². The van der Waals surface area contributed by atoms with Gasteiger partial charge in [0.25, 0.3) is 5.91 Å². The normalized spacial score (nSPS) is 34.7. The quantitative estimate of drug-likeness (QED) is 0.525. The molecule has 16 heavy (non-hydrogen) atoms. The van der Waals surface area contributed by atoms with Gasteiger partial charge in [0.15, 0.2) is 0 Å². The predicted molar refractivity (Wildman–Crippen MR) is 55.1 cm³/mol. The second-order valence-corrected chi connectivity index (χ2v) is 4.80. The molecule has 3 rings (SSSR count). The minimum absolute atomic E-state index is 0.0267. The van der Waals surface area contributed by atoms with E-state index in [1.165, 1.54) is 12.2 Å². The molecule has 0 radical (unpaired) electrons. The zero-order valence-corrected chi connectivity index (χ0v) is 9.91. The maximum Gasteiger partial charge on any atom is 0.312 e. The predicted octanol–water partition coefficient (Wildman–Crippen LogP) is 0.740. The highest BCUT2D eigenvalue weighted by Gasteiger charge is 2.76. The summed E-state index contributed by atoms with van der Waals surface area (Å²) in [5, 5.41) is 1.24. The van der Waals surface area contributed by atoms with Crippen LogP contribution >= 0.6 is 0 Å². The Balaban J connectivity index is 1.93. The lowest BCUT2D eigenvalue weighted by Gasteiger charge is -2.67. The molecule has 0 spiro atoms. The van der Waals surface area contributed by atoms with E-state index in [0.717, 1.165) is 0 Å². The van der Waals surface area contributed by atoms with Crippen molar-refractivity contribution in [3.05, 3.63) is 0 Å². The first-order chi connectivity index (χ1) is 7.49. The number of hydrogen-bond acceptors (Lipinski definition) is 4.